The van der Waals surface area contributed by atoms with Crippen LogP contribution in [0.15, 0.2) is 51.9 Å². The lowest BCUT2D eigenvalue weighted by molar-refractivity contribution is 0.0926. The van der Waals surface area contributed by atoms with Crippen molar-refractivity contribution < 1.29 is 9.21 Å². The van der Waals surface area contributed by atoms with Gasteiger partial charge in [0.1, 0.15) is 5.82 Å². The largest absolute Gasteiger partial charge is 0.459 e. The summed E-state index contributed by atoms with van der Waals surface area (Å²) in [4.78, 5) is 28.5. The van der Waals surface area contributed by atoms with Gasteiger partial charge >= 0.3 is 0 Å². The predicted octanol–water partition coefficient (Wildman–Crippen LogP) is 1.50. The zero-order chi connectivity index (χ0) is 15.5. The quantitative estimate of drug-likeness (QED) is 0.791. The molecule has 2 aromatic heterocycles. The molecule has 1 amide bonds. The Morgan fingerprint density at radius 2 is 2.09 bits per heavy atom. The van der Waals surface area contributed by atoms with E-state index >= 15 is 0 Å². The van der Waals surface area contributed by atoms with Crippen LogP contribution in [0.3, 0.4) is 0 Å². The number of benzene rings is 1. The van der Waals surface area contributed by atoms with Gasteiger partial charge < -0.3 is 9.73 Å². The number of furan rings is 1. The number of nitrogens with zero attached hydrogens (tertiary/aromatic N) is 2. The summed E-state index contributed by atoms with van der Waals surface area (Å²) in [5.41, 5.74) is 0.580. The van der Waals surface area contributed by atoms with Crippen molar-refractivity contribution in [2.75, 3.05) is 6.54 Å². The standard InChI is InChI=1S/C16H15N3O3/c1-19-14(8-9-17-15(20)13-7-4-10-22-13)18-12-6-3-2-5-11(12)16(19)21/h2-7,10H,8-9H2,1H3,(H,17,20). The summed E-state index contributed by atoms with van der Waals surface area (Å²) in [6, 6.07) is 10.5. The molecule has 1 N–H and O–H groups in total. The van der Waals surface area contributed by atoms with E-state index in [9.17, 15) is 9.59 Å². The zero-order valence-electron chi connectivity index (χ0n) is 12.1. The Kier molecular flexibility index (Phi) is 3.74. The number of carbonyl (C=O) groups excluding carboxylic acids is 1. The first kappa shape index (κ1) is 14.1. The third kappa shape index (κ3) is 2.63. The fourth-order valence-corrected chi connectivity index (χ4v) is 2.27. The number of fused-ring (bicyclic) bond motifs is 1. The van der Waals surface area contributed by atoms with Crippen LogP contribution in [0.5, 0.6) is 0 Å². The number of nitrogens with one attached hydrogen (secondary N) is 1. The highest BCUT2D eigenvalue weighted by molar-refractivity contribution is 5.91. The van der Waals surface area contributed by atoms with Gasteiger partial charge in [0.2, 0.25) is 0 Å². The van der Waals surface area contributed by atoms with Crippen LogP contribution in [-0.2, 0) is 13.5 Å². The van der Waals surface area contributed by atoms with Gasteiger partial charge in [0.25, 0.3) is 11.5 Å². The van der Waals surface area contributed by atoms with E-state index < -0.39 is 0 Å². The first-order valence-corrected chi connectivity index (χ1v) is 6.93. The normalized spacial score (nSPS) is 10.8. The minimum absolute atomic E-state index is 0.0852. The third-order valence-corrected chi connectivity index (χ3v) is 3.45. The van der Waals surface area contributed by atoms with Crippen molar-refractivity contribution in [3.8, 4) is 0 Å². The maximum absolute atomic E-state index is 12.3. The van der Waals surface area contributed by atoms with E-state index in [1.165, 1.54) is 10.8 Å². The second kappa shape index (κ2) is 5.85. The Bertz CT molecular complexity index is 866. The molecular weight excluding hydrogens is 282 g/mol. The molecule has 0 fully saturated rings. The molecule has 0 atom stereocenters. The molecular formula is C16H15N3O3. The minimum Gasteiger partial charge on any atom is -0.459 e. The lowest BCUT2D eigenvalue weighted by atomic mass is 10.2. The van der Waals surface area contributed by atoms with Crippen LogP contribution >= 0.6 is 0 Å². The highest BCUT2D eigenvalue weighted by Gasteiger charge is 2.10. The van der Waals surface area contributed by atoms with Gasteiger partial charge in [-0.05, 0) is 24.3 Å². The summed E-state index contributed by atoms with van der Waals surface area (Å²) < 4.78 is 6.53. The molecule has 0 bridgehead atoms. The molecule has 1 aromatic carbocycles. The first-order valence-electron chi connectivity index (χ1n) is 6.93. The van der Waals surface area contributed by atoms with Gasteiger partial charge in [-0.25, -0.2) is 4.98 Å². The van der Waals surface area contributed by atoms with Gasteiger partial charge in [0.15, 0.2) is 5.76 Å². The van der Waals surface area contributed by atoms with Crippen molar-refractivity contribution >= 4 is 16.8 Å². The average molecular weight is 297 g/mol. The molecule has 6 heteroatoms. The van der Waals surface area contributed by atoms with Crippen molar-refractivity contribution in [3.05, 3.63) is 64.6 Å². The highest BCUT2D eigenvalue weighted by Crippen LogP contribution is 2.07. The summed E-state index contributed by atoms with van der Waals surface area (Å²) in [5, 5.41) is 3.33. The van der Waals surface area contributed by atoms with E-state index in [2.05, 4.69) is 10.3 Å². The monoisotopic (exact) mass is 297 g/mol. The lowest BCUT2D eigenvalue weighted by Gasteiger charge is -2.09. The summed E-state index contributed by atoms with van der Waals surface area (Å²) >= 11 is 0. The Labute approximate surface area is 126 Å². The van der Waals surface area contributed by atoms with Crippen LogP contribution in [0.2, 0.25) is 0 Å². The van der Waals surface area contributed by atoms with E-state index in [1.54, 1.807) is 25.2 Å². The molecule has 112 valence electrons. The number of amides is 1. The van der Waals surface area contributed by atoms with Crippen molar-refractivity contribution in [2.24, 2.45) is 7.05 Å². The molecule has 22 heavy (non-hydrogen) atoms. The molecule has 3 aromatic rings. The van der Waals surface area contributed by atoms with Crippen LogP contribution in [0, 0.1) is 0 Å². The Balaban J connectivity index is 1.75. The number of hydrogen-bond donors (Lipinski definition) is 1. The summed E-state index contributed by atoms with van der Waals surface area (Å²) in [7, 11) is 1.69. The molecule has 0 saturated carbocycles. The Morgan fingerprint density at radius 1 is 1.27 bits per heavy atom. The molecule has 0 aliphatic carbocycles. The molecule has 0 radical (unpaired) electrons. The van der Waals surface area contributed by atoms with E-state index in [0.29, 0.717) is 29.7 Å². The number of rotatable bonds is 4. The molecule has 0 aliphatic rings. The van der Waals surface area contributed by atoms with Gasteiger partial charge in [-0.3, -0.25) is 14.2 Å². The highest BCUT2D eigenvalue weighted by atomic mass is 16.3. The van der Waals surface area contributed by atoms with Crippen molar-refractivity contribution in [3.63, 3.8) is 0 Å². The average Bonchev–Trinajstić information content (AvgIpc) is 3.06. The second-order valence-electron chi connectivity index (χ2n) is 4.89. The molecule has 0 spiro atoms. The predicted molar refractivity (Wildman–Crippen MR) is 81.7 cm³/mol. The van der Waals surface area contributed by atoms with E-state index in [4.69, 9.17) is 4.42 Å². The van der Waals surface area contributed by atoms with Crippen molar-refractivity contribution in [2.45, 2.75) is 6.42 Å². The van der Waals surface area contributed by atoms with E-state index in [-0.39, 0.29) is 17.2 Å². The Hall–Kier alpha value is -2.89. The van der Waals surface area contributed by atoms with Crippen LogP contribution in [0.1, 0.15) is 16.4 Å². The zero-order valence-corrected chi connectivity index (χ0v) is 12.1. The van der Waals surface area contributed by atoms with Crippen LogP contribution in [0.4, 0.5) is 0 Å². The molecule has 0 saturated heterocycles. The van der Waals surface area contributed by atoms with Crippen molar-refractivity contribution in [1.29, 1.82) is 0 Å². The van der Waals surface area contributed by atoms with Crippen LogP contribution < -0.4 is 10.9 Å². The van der Waals surface area contributed by atoms with Crippen molar-refractivity contribution in [1.82, 2.24) is 14.9 Å². The van der Waals surface area contributed by atoms with Gasteiger partial charge in [0, 0.05) is 20.0 Å². The van der Waals surface area contributed by atoms with E-state index in [1.807, 2.05) is 18.2 Å². The first-order chi connectivity index (χ1) is 10.7. The SMILES string of the molecule is Cn1c(CCNC(=O)c2ccco2)nc2ccccc2c1=O. The maximum Gasteiger partial charge on any atom is 0.286 e. The molecule has 0 unspecified atom stereocenters. The van der Waals surface area contributed by atoms with Crippen LogP contribution in [-0.4, -0.2) is 22.0 Å². The summed E-state index contributed by atoms with van der Waals surface area (Å²) in [6.07, 6.45) is 1.91. The maximum atomic E-state index is 12.3. The molecule has 0 aliphatic heterocycles. The lowest BCUT2D eigenvalue weighted by Crippen LogP contribution is -2.29. The second-order valence-corrected chi connectivity index (χ2v) is 4.89. The van der Waals surface area contributed by atoms with Gasteiger partial charge in [-0.1, -0.05) is 12.1 Å². The smallest absolute Gasteiger partial charge is 0.286 e. The fraction of sp³-hybridized carbons (Fsp3) is 0.188. The summed E-state index contributed by atoms with van der Waals surface area (Å²) in [6.45, 7) is 0.373. The number of carbonyl (C=O) groups is 1. The fourth-order valence-electron chi connectivity index (χ4n) is 2.27. The topological polar surface area (TPSA) is 77.1 Å². The van der Waals surface area contributed by atoms with Gasteiger partial charge in [0.05, 0.1) is 17.2 Å². The number of hydrogen-bond acceptors (Lipinski definition) is 4. The minimum atomic E-state index is -0.282. The molecule has 6 nitrogen and oxygen atoms in total. The van der Waals surface area contributed by atoms with E-state index in [0.717, 1.165) is 0 Å². The third-order valence-electron chi connectivity index (χ3n) is 3.45. The number of para-hydroxylation sites is 1. The molecule has 3 rings (SSSR count). The molecule has 2 heterocycles. The van der Waals surface area contributed by atoms with Crippen LogP contribution in [0.25, 0.3) is 10.9 Å². The van der Waals surface area contributed by atoms with Gasteiger partial charge in [-0.15, -0.1) is 0 Å². The van der Waals surface area contributed by atoms with Gasteiger partial charge in [-0.2, -0.15) is 0 Å². The number of aromatic nitrogens is 2. The summed E-state index contributed by atoms with van der Waals surface area (Å²) in [5.74, 6) is 0.611. The Morgan fingerprint density at radius 3 is 2.86 bits per heavy atom.